The Balaban J connectivity index is 2.10. The van der Waals surface area contributed by atoms with E-state index >= 15 is 0 Å². The third-order valence-corrected chi connectivity index (χ3v) is 3.24. The predicted octanol–water partition coefficient (Wildman–Crippen LogP) is 4.58. The predicted molar refractivity (Wildman–Crippen MR) is 81.2 cm³/mol. The zero-order chi connectivity index (χ0) is 13.8. The average molecular weight is 276 g/mol. The highest BCUT2D eigenvalue weighted by Crippen LogP contribution is 2.27. The molecular weight excluding hydrogens is 258 g/mol. The molecule has 0 spiro atoms. The number of anilines is 1. The quantitative estimate of drug-likeness (QED) is 0.882. The Morgan fingerprint density at radius 2 is 1.74 bits per heavy atom. The van der Waals surface area contributed by atoms with Crippen LogP contribution in [-0.2, 0) is 6.54 Å². The van der Waals surface area contributed by atoms with E-state index in [1.807, 2.05) is 18.2 Å². The van der Waals surface area contributed by atoms with Gasteiger partial charge in [0.25, 0.3) is 0 Å². The summed E-state index contributed by atoms with van der Waals surface area (Å²) in [7, 11) is 1.62. The Bertz CT molecular complexity index is 561. The van der Waals surface area contributed by atoms with Crippen molar-refractivity contribution in [3.05, 3.63) is 58.1 Å². The Morgan fingerprint density at radius 1 is 1.05 bits per heavy atom. The maximum Gasteiger partial charge on any atom is 0.139 e. The highest BCUT2D eigenvalue weighted by Gasteiger charge is 2.02. The number of rotatable bonds is 4. The number of nitrogens with one attached hydrogen (secondary N) is 1. The molecule has 0 fully saturated rings. The number of halogens is 1. The zero-order valence-electron chi connectivity index (χ0n) is 11.5. The third kappa shape index (κ3) is 3.65. The molecule has 0 heterocycles. The summed E-state index contributed by atoms with van der Waals surface area (Å²) >= 11 is 6.00. The van der Waals surface area contributed by atoms with Gasteiger partial charge in [0.2, 0.25) is 0 Å². The molecule has 19 heavy (non-hydrogen) atoms. The average Bonchev–Trinajstić information content (AvgIpc) is 2.36. The standard InChI is InChI=1S/C16H18ClNO/c1-11-6-12(2)8-13(7-11)10-18-14-4-5-15(17)16(9-14)19-3/h4-9,18H,10H2,1-3H3. The number of methoxy groups -OCH3 is 1. The van der Waals surface area contributed by atoms with Crippen LogP contribution >= 0.6 is 11.6 Å². The number of ether oxygens (including phenoxy) is 1. The maximum atomic E-state index is 6.00. The van der Waals surface area contributed by atoms with E-state index < -0.39 is 0 Å². The van der Waals surface area contributed by atoms with Crippen LogP contribution in [0.5, 0.6) is 5.75 Å². The molecule has 0 saturated carbocycles. The van der Waals surface area contributed by atoms with Gasteiger partial charge in [0, 0.05) is 18.3 Å². The van der Waals surface area contributed by atoms with Gasteiger partial charge in [0.05, 0.1) is 12.1 Å². The van der Waals surface area contributed by atoms with E-state index in [-0.39, 0.29) is 0 Å². The van der Waals surface area contributed by atoms with Gasteiger partial charge in [0.15, 0.2) is 0 Å². The van der Waals surface area contributed by atoms with Gasteiger partial charge in [-0.15, -0.1) is 0 Å². The van der Waals surface area contributed by atoms with Crippen LogP contribution in [0, 0.1) is 13.8 Å². The molecule has 0 amide bonds. The molecule has 0 saturated heterocycles. The van der Waals surface area contributed by atoms with Crippen LogP contribution in [0.4, 0.5) is 5.69 Å². The van der Waals surface area contributed by atoms with E-state index in [9.17, 15) is 0 Å². The first-order valence-corrected chi connectivity index (χ1v) is 6.61. The van der Waals surface area contributed by atoms with Crippen molar-refractivity contribution in [1.82, 2.24) is 0 Å². The third-order valence-electron chi connectivity index (χ3n) is 2.93. The van der Waals surface area contributed by atoms with Gasteiger partial charge in [0.1, 0.15) is 5.75 Å². The van der Waals surface area contributed by atoms with Crippen molar-refractivity contribution in [2.75, 3.05) is 12.4 Å². The lowest BCUT2D eigenvalue weighted by molar-refractivity contribution is 0.415. The lowest BCUT2D eigenvalue weighted by Gasteiger charge is -2.10. The van der Waals surface area contributed by atoms with Crippen LogP contribution < -0.4 is 10.1 Å². The van der Waals surface area contributed by atoms with E-state index in [1.165, 1.54) is 16.7 Å². The van der Waals surface area contributed by atoms with Crippen LogP contribution in [0.1, 0.15) is 16.7 Å². The van der Waals surface area contributed by atoms with E-state index in [0.29, 0.717) is 10.8 Å². The lowest BCUT2D eigenvalue weighted by atomic mass is 10.1. The molecule has 100 valence electrons. The summed E-state index contributed by atoms with van der Waals surface area (Å²) in [4.78, 5) is 0. The van der Waals surface area contributed by atoms with Gasteiger partial charge in [-0.25, -0.2) is 0 Å². The molecule has 0 unspecified atom stereocenters. The van der Waals surface area contributed by atoms with Crippen molar-refractivity contribution < 1.29 is 4.74 Å². The molecule has 0 aliphatic rings. The zero-order valence-corrected chi connectivity index (χ0v) is 12.2. The van der Waals surface area contributed by atoms with Crippen LogP contribution in [-0.4, -0.2) is 7.11 Å². The molecule has 1 N–H and O–H groups in total. The first kappa shape index (κ1) is 13.8. The summed E-state index contributed by atoms with van der Waals surface area (Å²) in [5.74, 6) is 0.687. The van der Waals surface area contributed by atoms with Gasteiger partial charge in [-0.3, -0.25) is 0 Å². The molecule has 2 aromatic rings. The fraction of sp³-hybridized carbons (Fsp3) is 0.250. The smallest absolute Gasteiger partial charge is 0.139 e. The highest BCUT2D eigenvalue weighted by atomic mass is 35.5. The molecule has 2 aromatic carbocycles. The Labute approximate surface area is 119 Å². The second-order valence-corrected chi connectivity index (χ2v) is 5.11. The highest BCUT2D eigenvalue weighted by molar-refractivity contribution is 6.32. The normalized spacial score (nSPS) is 10.3. The summed E-state index contributed by atoms with van der Waals surface area (Å²) in [6.07, 6.45) is 0. The molecule has 0 bridgehead atoms. The maximum absolute atomic E-state index is 6.00. The molecular formula is C16H18ClNO. The summed E-state index contributed by atoms with van der Waals surface area (Å²) in [5.41, 5.74) is 4.84. The lowest BCUT2D eigenvalue weighted by Crippen LogP contribution is -2.00. The van der Waals surface area contributed by atoms with Crippen LogP contribution in [0.3, 0.4) is 0 Å². The van der Waals surface area contributed by atoms with Crippen molar-refractivity contribution >= 4 is 17.3 Å². The summed E-state index contributed by atoms with van der Waals surface area (Å²) < 4.78 is 5.20. The van der Waals surface area contributed by atoms with E-state index in [1.54, 1.807) is 7.11 Å². The fourth-order valence-corrected chi connectivity index (χ4v) is 2.34. The number of hydrogen-bond acceptors (Lipinski definition) is 2. The van der Waals surface area contributed by atoms with Crippen molar-refractivity contribution in [2.45, 2.75) is 20.4 Å². The van der Waals surface area contributed by atoms with Gasteiger partial charge < -0.3 is 10.1 Å². The molecule has 0 aliphatic carbocycles. The van der Waals surface area contributed by atoms with E-state index in [4.69, 9.17) is 16.3 Å². The SMILES string of the molecule is COc1cc(NCc2cc(C)cc(C)c2)ccc1Cl. The van der Waals surface area contributed by atoms with E-state index in [0.717, 1.165) is 12.2 Å². The molecule has 0 radical (unpaired) electrons. The van der Waals surface area contributed by atoms with Gasteiger partial charge >= 0.3 is 0 Å². The largest absolute Gasteiger partial charge is 0.495 e. The minimum atomic E-state index is 0.624. The topological polar surface area (TPSA) is 21.3 Å². The van der Waals surface area contributed by atoms with Crippen molar-refractivity contribution in [2.24, 2.45) is 0 Å². The van der Waals surface area contributed by atoms with Crippen LogP contribution in [0.15, 0.2) is 36.4 Å². The van der Waals surface area contributed by atoms with Crippen molar-refractivity contribution in [3.8, 4) is 5.75 Å². The number of benzene rings is 2. The Morgan fingerprint density at radius 3 is 2.37 bits per heavy atom. The van der Waals surface area contributed by atoms with Crippen molar-refractivity contribution in [1.29, 1.82) is 0 Å². The molecule has 3 heteroatoms. The molecule has 0 aromatic heterocycles. The van der Waals surface area contributed by atoms with Crippen LogP contribution in [0.25, 0.3) is 0 Å². The molecule has 2 nitrogen and oxygen atoms in total. The van der Waals surface area contributed by atoms with E-state index in [2.05, 4.69) is 37.4 Å². The second-order valence-electron chi connectivity index (χ2n) is 4.70. The van der Waals surface area contributed by atoms with Crippen molar-refractivity contribution in [3.63, 3.8) is 0 Å². The minimum Gasteiger partial charge on any atom is -0.495 e. The molecule has 0 aliphatic heterocycles. The van der Waals surface area contributed by atoms with Gasteiger partial charge in [-0.1, -0.05) is 40.9 Å². The molecule has 2 rings (SSSR count). The fourth-order valence-electron chi connectivity index (χ4n) is 2.14. The minimum absolute atomic E-state index is 0.624. The second kappa shape index (κ2) is 5.98. The Hall–Kier alpha value is -1.67. The summed E-state index contributed by atoms with van der Waals surface area (Å²) in [6, 6.07) is 12.2. The number of hydrogen-bond donors (Lipinski definition) is 1. The first-order chi connectivity index (χ1) is 9.08. The summed E-state index contributed by atoms with van der Waals surface area (Å²) in [5, 5.41) is 4.00. The van der Waals surface area contributed by atoms with Gasteiger partial charge in [-0.05, 0) is 31.5 Å². The van der Waals surface area contributed by atoms with Crippen LogP contribution in [0.2, 0.25) is 5.02 Å². The Kier molecular flexibility index (Phi) is 4.33. The first-order valence-electron chi connectivity index (χ1n) is 6.23. The van der Waals surface area contributed by atoms with Gasteiger partial charge in [-0.2, -0.15) is 0 Å². The summed E-state index contributed by atoms with van der Waals surface area (Å²) in [6.45, 7) is 5.01. The monoisotopic (exact) mass is 275 g/mol. The number of aryl methyl sites for hydroxylation is 2. The molecule has 0 atom stereocenters.